The number of aromatic hydroxyl groups is 1. The molecule has 0 saturated heterocycles. The first-order valence-electron chi connectivity index (χ1n) is 13.2. The van der Waals surface area contributed by atoms with Crippen LogP contribution in [-0.4, -0.2) is 11.4 Å². The van der Waals surface area contributed by atoms with Crippen LogP contribution in [0.4, 0.5) is 0 Å². The van der Waals surface area contributed by atoms with E-state index in [9.17, 15) is 5.11 Å². The van der Waals surface area contributed by atoms with Gasteiger partial charge in [-0.15, -0.1) is 0 Å². The maximum Gasteiger partial charge on any atom is 0.123 e. The van der Waals surface area contributed by atoms with Crippen LogP contribution in [0, 0.1) is 28.6 Å². The Kier molecular flexibility index (Phi) is 6.31. The van der Waals surface area contributed by atoms with Crippen molar-refractivity contribution in [1.82, 2.24) is 0 Å². The largest absolute Gasteiger partial charge is 0.507 e. The normalized spacial score (nSPS) is 34.1. The quantitative estimate of drug-likeness (QED) is 0.442. The second-order valence-corrected chi connectivity index (χ2v) is 15.1. The van der Waals surface area contributed by atoms with E-state index in [0.29, 0.717) is 16.6 Å². The Morgan fingerprint density at radius 1 is 0.938 bits per heavy atom. The monoisotopic (exact) mass is 456 g/mol. The molecule has 32 heavy (non-hydrogen) atoms. The highest BCUT2D eigenvalue weighted by Crippen LogP contribution is 2.73. The molecule has 1 aromatic carbocycles. The molecule has 5 rings (SSSR count). The van der Waals surface area contributed by atoms with Crippen LogP contribution in [0.1, 0.15) is 117 Å². The fourth-order valence-corrected chi connectivity index (χ4v) is 9.66. The molecule has 180 valence electrons. The van der Waals surface area contributed by atoms with Crippen LogP contribution in [0.15, 0.2) is 12.1 Å². The van der Waals surface area contributed by atoms with Crippen molar-refractivity contribution >= 4 is 11.8 Å². The first kappa shape index (κ1) is 24.5. The summed E-state index contributed by atoms with van der Waals surface area (Å²) in [7, 11) is 0. The molecular weight excluding hydrogens is 408 g/mol. The molecule has 4 aliphatic carbocycles. The van der Waals surface area contributed by atoms with Crippen LogP contribution in [0.3, 0.4) is 0 Å². The van der Waals surface area contributed by atoms with Gasteiger partial charge in [0.2, 0.25) is 0 Å². The summed E-state index contributed by atoms with van der Waals surface area (Å²) >= 11 is 1.83. The summed E-state index contributed by atoms with van der Waals surface area (Å²) in [4.78, 5) is 0. The lowest BCUT2D eigenvalue weighted by molar-refractivity contribution is -0.141. The van der Waals surface area contributed by atoms with Crippen molar-refractivity contribution in [2.45, 2.75) is 116 Å². The SMILES string of the molecule is CSCc1cc(C(C)(C)C)cc(C23CC4CC(CC(C)C)(CC(CC(C)C)(C4)C2)C3)c1O. The van der Waals surface area contributed by atoms with Gasteiger partial charge in [-0.25, -0.2) is 0 Å². The second-order valence-electron chi connectivity index (χ2n) is 14.2. The lowest BCUT2D eigenvalue weighted by atomic mass is 9.36. The van der Waals surface area contributed by atoms with E-state index in [0.717, 1.165) is 29.1 Å². The first-order chi connectivity index (χ1) is 14.8. The van der Waals surface area contributed by atoms with Crippen molar-refractivity contribution in [1.29, 1.82) is 0 Å². The number of phenols is 1. The third kappa shape index (κ3) is 4.39. The van der Waals surface area contributed by atoms with Crippen molar-refractivity contribution in [2.75, 3.05) is 6.26 Å². The number of hydrogen-bond acceptors (Lipinski definition) is 2. The van der Waals surface area contributed by atoms with E-state index in [2.05, 4.69) is 66.9 Å². The van der Waals surface area contributed by atoms with E-state index < -0.39 is 0 Å². The molecule has 2 unspecified atom stereocenters. The first-order valence-corrected chi connectivity index (χ1v) is 14.6. The average molecular weight is 457 g/mol. The van der Waals surface area contributed by atoms with Gasteiger partial charge >= 0.3 is 0 Å². The molecular formula is C30H48OS. The molecule has 4 bridgehead atoms. The summed E-state index contributed by atoms with van der Waals surface area (Å²) in [5, 5.41) is 11.7. The summed E-state index contributed by atoms with van der Waals surface area (Å²) in [5.41, 5.74) is 5.11. The van der Waals surface area contributed by atoms with Crippen LogP contribution < -0.4 is 0 Å². The van der Waals surface area contributed by atoms with Gasteiger partial charge in [-0.3, -0.25) is 0 Å². The molecule has 0 aliphatic heterocycles. The van der Waals surface area contributed by atoms with Crippen molar-refractivity contribution < 1.29 is 5.11 Å². The molecule has 0 heterocycles. The van der Waals surface area contributed by atoms with Crippen LogP contribution in [0.5, 0.6) is 5.75 Å². The fraction of sp³-hybridized carbons (Fsp3) is 0.800. The van der Waals surface area contributed by atoms with Crippen molar-refractivity contribution in [3.63, 3.8) is 0 Å². The van der Waals surface area contributed by atoms with Crippen molar-refractivity contribution in [2.24, 2.45) is 28.6 Å². The predicted octanol–water partition coefficient (Wildman–Crippen LogP) is 8.85. The Balaban J connectivity index is 1.88. The molecule has 1 nitrogen and oxygen atoms in total. The van der Waals surface area contributed by atoms with E-state index >= 15 is 0 Å². The predicted molar refractivity (Wildman–Crippen MR) is 141 cm³/mol. The molecule has 1 aromatic rings. The topological polar surface area (TPSA) is 20.2 Å². The van der Waals surface area contributed by atoms with E-state index in [1.54, 1.807) is 0 Å². The molecule has 4 aliphatic rings. The zero-order chi connectivity index (χ0) is 23.5. The minimum absolute atomic E-state index is 0.100. The molecule has 4 fully saturated rings. The van der Waals surface area contributed by atoms with Crippen LogP contribution in [0.2, 0.25) is 0 Å². The summed E-state index contributed by atoms with van der Waals surface area (Å²) in [6.45, 7) is 16.7. The van der Waals surface area contributed by atoms with Gasteiger partial charge in [-0.2, -0.15) is 11.8 Å². The smallest absolute Gasteiger partial charge is 0.123 e. The number of phenolic OH excluding ortho intramolecular Hbond substituents is 1. The molecule has 0 spiro atoms. The van der Waals surface area contributed by atoms with Crippen LogP contribution in [0.25, 0.3) is 0 Å². The van der Waals surface area contributed by atoms with Gasteiger partial charge in [0.05, 0.1) is 0 Å². The zero-order valence-electron chi connectivity index (χ0n) is 22.1. The van der Waals surface area contributed by atoms with Gasteiger partial charge in [-0.1, -0.05) is 60.6 Å². The fourth-order valence-electron chi connectivity index (χ4n) is 9.13. The standard InChI is InChI=1S/C30H48OS/c1-20(2)11-28-13-22-14-29(17-28,12-21(3)4)19-30(15-22,18-28)25-10-24(27(5,6)7)9-23(16-32-8)26(25)31/h9-10,20-22,31H,11-19H2,1-8H3. The Labute approximate surface area is 202 Å². The van der Waals surface area contributed by atoms with Gasteiger partial charge in [0, 0.05) is 22.3 Å². The van der Waals surface area contributed by atoms with Gasteiger partial charge in [0.25, 0.3) is 0 Å². The van der Waals surface area contributed by atoms with Gasteiger partial charge in [0.1, 0.15) is 5.75 Å². The van der Waals surface area contributed by atoms with E-state index in [4.69, 9.17) is 0 Å². The number of benzene rings is 1. The van der Waals surface area contributed by atoms with Crippen LogP contribution >= 0.6 is 11.8 Å². The lowest BCUT2D eigenvalue weighted by Crippen LogP contribution is -2.59. The van der Waals surface area contributed by atoms with Gasteiger partial charge < -0.3 is 5.11 Å². The van der Waals surface area contributed by atoms with Gasteiger partial charge in [0.15, 0.2) is 0 Å². The lowest BCUT2D eigenvalue weighted by Gasteiger charge is -2.68. The third-order valence-corrected chi connectivity index (χ3v) is 9.51. The van der Waals surface area contributed by atoms with E-state index in [-0.39, 0.29) is 10.8 Å². The molecule has 0 aromatic heterocycles. The van der Waals surface area contributed by atoms with Crippen molar-refractivity contribution in [3.05, 3.63) is 28.8 Å². The van der Waals surface area contributed by atoms with E-state index in [1.807, 2.05) is 11.8 Å². The molecule has 0 amide bonds. The molecule has 4 saturated carbocycles. The highest BCUT2D eigenvalue weighted by molar-refractivity contribution is 7.97. The second kappa shape index (κ2) is 8.24. The zero-order valence-corrected chi connectivity index (χ0v) is 22.9. The number of thioether (sulfide) groups is 1. The third-order valence-electron chi connectivity index (χ3n) is 8.91. The Bertz CT molecular complexity index is 811. The highest BCUT2D eigenvalue weighted by atomic mass is 32.2. The molecule has 1 N–H and O–H groups in total. The Morgan fingerprint density at radius 2 is 1.50 bits per heavy atom. The number of rotatable bonds is 7. The Morgan fingerprint density at radius 3 is 1.97 bits per heavy atom. The summed E-state index contributed by atoms with van der Waals surface area (Å²) < 4.78 is 0. The maximum absolute atomic E-state index is 11.7. The molecule has 2 heteroatoms. The average Bonchev–Trinajstić information content (AvgIpc) is 2.59. The highest BCUT2D eigenvalue weighted by Gasteiger charge is 2.63. The molecule has 0 radical (unpaired) electrons. The summed E-state index contributed by atoms with van der Waals surface area (Å²) in [6.07, 6.45) is 13.1. The minimum Gasteiger partial charge on any atom is -0.507 e. The maximum atomic E-state index is 11.7. The van der Waals surface area contributed by atoms with Crippen molar-refractivity contribution in [3.8, 4) is 5.75 Å². The summed E-state index contributed by atoms with van der Waals surface area (Å²) in [5.74, 6) is 3.87. The number of hydrogen-bond donors (Lipinski definition) is 1. The Hall–Kier alpha value is -0.630. The van der Waals surface area contributed by atoms with E-state index in [1.165, 1.54) is 62.5 Å². The molecule has 2 atom stereocenters. The van der Waals surface area contributed by atoms with Crippen LogP contribution in [-0.2, 0) is 16.6 Å². The van der Waals surface area contributed by atoms with Gasteiger partial charge in [-0.05, 0) is 97.2 Å². The minimum atomic E-state index is 0.100. The summed E-state index contributed by atoms with van der Waals surface area (Å²) in [6, 6.07) is 4.74.